The van der Waals surface area contributed by atoms with Crippen molar-refractivity contribution in [2.75, 3.05) is 6.54 Å². The maximum atomic E-state index is 13.4. The van der Waals surface area contributed by atoms with Crippen LogP contribution in [-0.2, 0) is 5.67 Å². The molecule has 2 nitrogen and oxygen atoms in total. The highest BCUT2D eigenvalue weighted by Crippen LogP contribution is 2.20. The fraction of sp³-hybridized carbons (Fsp3) is 0.375. The van der Waals surface area contributed by atoms with Crippen LogP contribution in [0.15, 0.2) is 24.4 Å². The van der Waals surface area contributed by atoms with Gasteiger partial charge in [-0.15, -0.1) is 0 Å². The lowest BCUT2D eigenvalue weighted by molar-refractivity contribution is 0.196. The zero-order valence-corrected chi connectivity index (χ0v) is 6.42. The predicted molar refractivity (Wildman–Crippen MR) is 41.8 cm³/mol. The van der Waals surface area contributed by atoms with E-state index in [1.807, 2.05) is 0 Å². The first-order valence-electron chi connectivity index (χ1n) is 3.47. The molecule has 1 aromatic heterocycles. The SMILES string of the molecule is C[C@@](F)(CN)c1ccccn1. The van der Waals surface area contributed by atoms with Crippen LogP contribution >= 0.6 is 0 Å². The average Bonchev–Trinajstić information content (AvgIpc) is 2.06. The number of nitrogens with zero attached hydrogens (tertiary/aromatic N) is 1. The largest absolute Gasteiger partial charge is 0.327 e. The van der Waals surface area contributed by atoms with Gasteiger partial charge >= 0.3 is 0 Å². The van der Waals surface area contributed by atoms with Gasteiger partial charge < -0.3 is 5.73 Å². The van der Waals surface area contributed by atoms with E-state index in [9.17, 15) is 4.39 Å². The summed E-state index contributed by atoms with van der Waals surface area (Å²) in [7, 11) is 0. The van der Waals surface area contributed by atoms with Gasteiger partial charge in [-0.1, -0.05) is 6.07 Å². The van der Waals surface area contributed by atoms with Crippen LogP contribution < -0.4 is 5.73 Å². The third-order valence-corrected chi connectivity index (χ3v) is 1.58. The molecule has 0 bridgehead atoms. The summed E-state index contributed by atoms with van der Waals surface area (Å²) in [4.78, 5) is 3.87. The number of hydrogen-bond acceptors (Lipinski definition) is 2. The van der Waals surface area contributed by atoms with Gasteiger partial charge in [-0.2, -0.15) is 0 Å². The molecule has 1 rings (SSSR count). The Kier molecular flexibility index (Phi) is 2.19. The van der Waals surface area contributed by atoms with Crippen LogP contribution in [0.4, 0.5) is 4.39 Å². The highest BCUT2D eigenvalue weighted by atomic mass is 19.1. The molecular weight excluding hydrogens is 143 g/mol. The van der Waals surface area contributed by atoms with Crippen molar-refractivity contribution in [1.82, 2.24) is 4.98 Å². The first-order chi connectivity index (χ1) is 5.17. The summed E-state index contributed by atoms with van der Waals surface area (Å²) < 4.78 is 13.4. The summed E-state index contributed by atoms with van der Waals surface area (Å²) in [6.07, 6.45) is 1.56. The molecule has 3 heteroatoms. The maximum absolute atomic E-state index is 13.4. The van der Waals surface area contributed by atoms with E-state index in [1.54, 1.807) is 24.4 Å². The quantitative estimate of drug-likeness (QED) is 0.695. The van der Waals surface area contributed by atoms with Crippen LogP contribution in [0.25, 0.3) is 0 Å². The highest BCUT2D eigenvalue weighted by Gasteiger charge is 2.24. The van der Waals surface area contributed by atoms with E-state index in [0.717, 1.165) is 0 Å². The average molecular weight is 154 g/mol. The molecule has 0 saturated carbocycles. The lowest BCUT2D eigenvalue weighted by Gasteiger charge is -2.16. The Bertz CT molecular complexity index is 221. The lowest BCUT2D eigenvalue weighted by atomic mass is 10.0. The summed E-state index contributed by atoms with van der Waals surface area (Å²) in [6.45, 7) is 1.39. The smallest absolute Gasteiger partial charge is 0.162 e. The summed E-state index contributed by atoms with van der Waals surface area (Å²) in [5.41, 5.74) is 4.12. The standard InChI is InChI=1S/C8H11FN2/c1-8(9,6-10)7-4-2-3-5-11-7/h2-5H,6,10H2,1H3/t8-/m1/s1. The predicted octanol–water partition coefficient (Wildman–Crippen LogP) is 1.23. The molecule has 1 atom stereocenters. The topological polar surface area (TPSA) is 38.9 Å². The normalized spacial score (nSPS) is 15.9. The zero-order valence-electron chi connectivity index (χ0n) is 6.42. The molecule has 0 aliphatic heterocycles. The number of rotatable bonds is 2. The molecule has 11 heavy (non-hydrogen) atoms. The van der Waals surface area contributed by atoms with Gasteiger partial charge in [0.05, 0.1) is 5.69 Å². The van der Waals surface area contributed by atoms with Gasteiger partial charge in [0.1, 0.15) is 0 Å². The van der Waals surface area contributed by atoms with Crippen LogP contribution in [0, 0.1) is 0 Å². The van der Waals surface area contributed by atoms with Crippen molar-refractivity contribution >= 4 is 0 Å². The van der Waals surface area contributed by atoms with Gasteiger partial charge in [-0.3, -0.25) is 4.98 Å². The summed E-state index contributed by atoms with van der Waals surface area (Å²) >= 11 is 0. The molecule has 1 aromatic rings. The van der Waals surface area contributed by atoms with E-state index in [1.165, 1.54) is 6.92 Å². The van der Waals surface area contributed by atoms with E-state index < -0.39 is 5.67 Å². The molecule has 0 aliphatic carbocycles. The molecule has 2 N–H and O–H groups in total. The van der Waals surface area contributed by atoms with Crippen LogP contribution in [0.5, 0.6) is 0 Å². The molecule has 0 aliphatic rings. The van der Waals surface area contributed by atoms with Crippen LogP contribution in [0.2, 0.25) is 0 Å². The molecule has 0 spiro atoms. The molecule has 0 radical (unpaired) electrons. The van der Waals surface area contributed by atoms with E-state index in [4.69, 9.17) is 5.73 Å². The first kappa shape index (κ1) is 8.14. The number of hydrogen-bond donors (Lipinski definition) is 1. The van der Waals surface area contributed by atoms with E-state index >= 15 is 0 Å². The second-order valence-corrected chi connectivity index (χ2v) is 2.62. The minimum absolute atomic E-state index is 0.0377. The number of halogens is 1. The van der Waals surface area contributed by atoms with Crippen LogP contribution in [0.3, 0.4) is 0 Å². The van der Waals surface area contributed by atoms with Gasteiger partial charge in [-0.05, 0) is 19.1 Å². The van der Waals surface area contributed by atoms with Crippen molar-refractivity contribution in [1.29, 1.82) is 0 Å². The molecular formula is C8H11FN2. The van der Waals surface area contributed by atoms with Crippen LogP contribution in [-0.4, -0.2) is 11.5 Å². The Morgan fingerprint density at radius 3 is 2.82 bits per heavy atom. The van der Waals surface area contributed by atoms with Gasteiger partial charge in [0.2, 0.25) is 0 Å². The third-order valence-electron chi connectivity index (χ3n) is 1.58. The summed E-state index contributed by atoms with van der Waals surface area (Å²) in [6, 6.07) is 5.12. The Morgan fingerprint density at radius 1 is 1.64 bits per heavy atom. The van der Waals surface area contributed by atoms with Gasteiger partial charge in [-0.25, -0.2) is 4.39 Å². The number of aromatic nitrogens is 1. The van der Waals surface area contributed by atoms with Gasteiger partial charge in [0.25, 0.3) is 0 Å². The van der Waals surface area contributed by atoms with Crippen molar-refractivity contribution in [3.8, 4) is 0 Å². The van der Waals surface area contributed by atoms with E-state index in [2.05, 4.69) is 4.98 Å². The first-order valence-corrected chi connectivity index (χ1v) is 3.47. The minimum atomic E-state index is -1.50. The Labute approximate surface area is 65.3 Å². The molecule has 0 unspecified atom stereocenters. The Balaban J connectivity index is 2.93. The lowest BCUT2D eigenvalue weighted by Crippen LogP contribution is -2.27. The van der Waals surface area contributed by atoms with E-state index in [-0.39, 0.29) is 6.54 Å². The van der Waals surface area contributed by atoms with Crippen molar-refractivity contribution < 1.29 is 4.39 Å². The maximum Gasteiger partial charge on any atom is 0.162 e. The van der Waals surface area contributed by atoms with E-state index in [0.29, 0.717) is 5.69 Å². The van der Waals surface area contributed by atoms with Crippen molar-refractivity contribution in [3.05, 3.63) is 30.1 Å². The molecule has 0 amide bonds. The molecule has 60 valence electrons. The van der Waals surface area contributed by atoms with Gasteiger partial charge in [0.15, 0.2) is 5.67 Å². The monoisotopic (exact) mass is 154 g/mol. The van der Waals surface area contributed by atoms with Crippen LogP contribution in [0.1, 0.15) is 12.6 Å². The molecule has 1 heterocycles. The zero-order chi connectivity index (χ0) is 8.32. The fourth-order valence-electron chi connectivity index (χ4n) is 0.776. The summed E-state index contributed by atoms with van der Waals surface area (Å²) in [5, 5.41) is 0. The fourth-order valence-corrected chi connectivity index (χ4v) is 0.776. The molecule has 0 fully saturated rings. The summed E-state index contributed by atoms with van der Waals surface area (Å²) in [5.74, 6) is 0. The molecule has 0 aromatic carbocycles. The molecule has 0 saturated heterocycles. The third kappa shape index (κ3) is 1.74. The number of alkyl halides is 1. The van der Waals surface area contributed by atoms with Crippen molar-refractivity contribution in [2.24, 2.45) is 5.73 Å². The van der Waals surface area contributed by atoms with Gasteiger partial charge in [0, 0.05) is 12.7 Å². The minimum Gasteiger partial charge on any atom is -0.327 e. The Morgan fingerprint density at radius 2 is 2.36 bits per heavy atom. The number of pyridine rings is 1. The van der Waals surface area contributed by atoms with Crippen molar-refractivity contribution in [2.45, 2.75) is 12.6 Å². The highest BCUT2D eigenvalue weighted by molar-refractivity contribution is 5.12. The Hall–Kier alpha value is -0.960. The number of nitrogens with two attached hydrogens (primary N) is 1. The van der Waals surface area contributed by atoms with Crippen molar-refractivity contribution in [3.63, 3.8) is 0 Å². The second-order valence-electron chi connectivity index (χ2n) is 2.62. The second kappa shape index (κ2) is 2.96.